The molecule has 136 valence electrons. The quantitative estimate of drug-likeness (QED) is 0.487. The van der Waals surface area contributed by atoms with Crippen molar-refractivity contribution in [3.63, 3.8) is 0 Å². The molecule has 0 unspecified atom stereocenters. The molecule has 0 saturated heterocycles. The number of hydrogen-bond acceptors (Lipinski definition) is 5. The number of ether oxygens (including phenoxy) is 2. The first-order valence-corrected chi connectivity index (χ1v) is 7.75. The van der Waals surface area contributed by atoms with Crippen molar-refractivity contribution in [2.24, 2.45) is 0 Å². The molecule has 0 bridgehead atoms. The van der Waals surface area contributed by atoms with Crippen molar-refractivity contribution >= 4 is 15.7 Å². The highest BCUT2D eigenvalue weighted by molar-refractivity contribution is 7.92. The van der Waals surface area contributed by atoms with Gasteiger partial charge in [-0.15, -0.1) is 0 Å². The van der Waals surface area contributed by atoms with E-state index in [9.17, 15) is 30.4 Å². The van der Waals surface area contributed by atoms with Gasteiger partial charge in [-0.3, -0.25) is 4.72 Å². The third-order valence-corrected chi connectivity index (χ3v) is 4.15. The number of aromatic nitrogens is 1. The van der Waals surface area contributed by atoms with Crippen molar-refractivity contribution in [2.45, 2.75) is 5.03 Å². The Kier molecular flexibility index (Phi) is 5.02. The van der Waals surface area contributed by atoms with Crippen molar-refractivity contribution in [3.8, 4) is 11.6 Å². The molecule has 6 nitrogen and oxygen atoms in total. The fourth-order valence-corrected chi connectivity index (χ4v) is 2.73. The number of pyridine rings is 1. The van der Waals surface area contributed by atoms with E-state index in [4.69, 9.17) is 9.47 Å². The minimum atomic E-state index is -4.83. The zero-order valence-corrected chi connectivity index (χ0v) is 13.3. The normalized spacial score (nSPS) is 11.3. The van der Waals surface area contributed by atoms with Crippen LogP contribution in [-0.2, 0) is 10.0 Å². The second-order valence-corrected chi connectivity index (χ2v) is 6.07. The molecule has 0 amide bonds. The van der Waals surface area contributed by atoms with Gasteiger partial charge in [-0.2, -0.15) is 13.4 Å². The minimum Gasteiger partial charge on any atom is -0.496 e. The lowest BCUT2D eigenvalue weighted by Gasteiger charge is -2.12. The Labute approximate surface area is 138 Å². The molecule has 0 aliphatic rings. The molecule has 0 aliphatic heterocycles. The van der Waals surface area contributed by atoms with Crippen LogP contribution in [0.3, 0.4) is 0 Å². The van der Waals surface area contributed by atoms with Gasteiger partial charge in [-0.05, 0) is 0 Å². The zero-order valence-electron chi connectivity index (χ0n) is 12.5. The van der Waals surface area contributed by atoms with Crippen LogP contribution in [0.1, 0.15) is 0 Å². The molecule has 2 aromatic rings. The number of nitrogens with one attached hydrogen (secondary N) is 1. The Morgan fingerprint density at radius 3 is 1.88 bits per heavy atom. The largest absolute Gasteiger partial charge is 0.496 e. The summed E-state index contributed by atoms with van der Waals surface area (Å²) in [6, 6.07) is 2.06. The molecule has 1 aromatic carbocycles. The summed E-state index contributed by atoms with van der Waals surface area (Å²) in [5.41, 5.74) is -1.74. The van der Waals surface area contributed by atoms with E-state index in [2.05, 4.69) is 4.98 Å². The maximum absolute atomic E-state index is 13.6. The van der Waals surface area contributed by atoms with E-state index in [0.29, 0.717) is 0 Å². The van der Waals surface area contributed by atoms with E-state index in [1.54, 1.807) is 0 Å². The lowest BCUT2D eigenvalue weighted by atomic mass is 10.2. The molecule has 0 radical (unpaired) electrons. The molecule has 1 heterocycles. The third kappa shape index (κ3) is 3.43. The highest BCUT2D eigenvalue weighted by Gasteiger charge is 2.29. The molecule has 0 spiro atoms. The summed E-state index contributed by atoms with van der Waals surface area (Å²) in [6.07, 6.45) is 0. The van der Waals surface area contributed by atoms with Crippen LogP contribution in [0, 0.1) is 29.1 Å². The van der Waals surface area contributed by atoms with Gasteiger partial charge in [0.25, 0.3) is 10.0 Å². The van der Waals surface area contributed by atoms with Gasteiger partial charge >= 0.3 is 0 Å². The second kappa shape index (κ2) is 6.70. The monoisotopic (exact) mass is 384 g/mol. The van der Waals surface area contributed by atoms with E-state index in [0.717, 1.165) is 13.2 Å². The molecular weight excluding hydrogens is 375 g/mol. The first-order valence-electron chi connectivity index (χ1n) is 6.26. The number of rotatable bonds is 5. The summed E-state index contributed by atoms with van der Waals surface area (Å²) >= 11 is 0. The Bertz CT molecular complexity index is 885. The fourth-order valence-electron chi connectivity index (χ4n) is 1.70. The second-order valence-electron chi connectivity index (χ2n) is 4.44. The van der Waals surface area contributed by atoms with Crippen LogP contribution in [0.2, 0.25) is 0 Å². The van der Waals surface area contributed by atoms with Crippen LogP contribution in [-0.4, -0.2) is 27.6 Å². The van der Waals surface area contributed by atoms with Crippen LogP contribution in [0.15, 0.2) is 17.2 Å². The molecule has 1 N–H and O–H groups in total. The maximum atomic E-state index is 13.6. The molecular formula is C13H9F5N2O4S. The van der Waals surface area contributed by atoms with E-state index < -0.39 is 49.8 Å². The van der Waals surface area contributed by atoms with E-state index in [-0.39, 0.29) is 11.6 Å². The molecule has 25 heavy (non-hydrogen) atoms. The van der Waals surface area contributed by atoms with Crippen LogP contribution in [0.25, 0.3) is 0 Å². The van der Waals surface area contributed by atoms with Gasteiger partial charge in [0, 0.05) is 12.1 Å². The van der Waals surface area contributed by atoms with Crippen LogP contribution < -0.4 is 14.2 Å². The number of anilines is 1. The average molecular weight is 384 g/mol. The maximum Gasteiger partial charge on any atom is 0.279 e. The van der Waals surface area contributed by atoms with Crippen molar-refractivity contribution in [3.05, 3.63) is 41.2 Å². The smallest absolute Gasteiger partial charge is 0.279 e. The van der Waals surface area contributed by atoms with Gasteiger partial charge in [0.2, 0.25) is 11.7 Å². The Hall–Kier alpha value is -2.63. The van der Waals surface area contributed by atoms with Crippen molar-refractivity contribution in [1.82, 2.24) is 4.98 Å². The average Bonchev–Trinajstić information content (AvgIpc) is 2.61. The summed E-state index contributed by atoms with van der Waals surface area (Å²) in [6.45, 7) is 0. The molecule has 1 aromatic heterocycles. The number of hydrogen-bond donors (Lipinski definition) is 1. The Morgan fingerprint density at radius 1 is 0.880 bits per heavy atom. The highest BCUT2D eigenvalue weighted by Crippen LogP contribution is 2.30. The van der Waals surface area contributed by atoms with Gasteiger partial charge in [0.15, 0.2) is 28.3 Å². The van der Waals surface area contributed by atoms with Crippen molar-refractivity contribution in [2.75, 3.05) is 18.9 Å². The lowest BCUT2D eigenvalue weighted by Crippen LogP contribution is -2.19. The van der Waals surface area contributed by atoms with Gasteiger partial charge in [-0.25, -0.2) is 22.0 Å². The lowest BCUT2D eigenvalue weighted by molar-refractivity contribution is 0.377. The van der Waals surface area contributed by atoms with Gasteiger partial charge in [0.05, 0.1) is 14.2 Å². The Morgan fingerprint density at radius 2 is 1.40 bits per heavy atom. The van der Waals surface area contributed by atoms with E-state index >= 15 is 0 Å². The fraction of sp³-hybridized carbons (Fsp3) is 0.154. The summed E-state index contributed by atoms with van der Waals surface area (Å²) < 4.78 is 102. The molecule has 12 heteroatoms. The summed E-state index contributed by atoms with van der Waals surface area (Å²) in [5.74, 6) is -12.0. The number of halogens is 5. The number of methoxy groups -OCH3 is 2. The van der Waals surface area contributed by atoms with Crippen molar-refractivity contribution < 1.29 is 39.8 Å². The van der Waals surface area contributed by atoms with Crippen LogP contribution in [0.4, 0.5) is 27.6 Å². The molecule has 2 rings (SSSR count). The number of sulfonamides is 1. The molecule has 0 saturated carbocycles. The van der Waals surface area contributed by atoms with Gasteiger partial charge < -0.3 is 9.47 Å². The van der Waals surface area contributed by atoms with Gasteiger partial charge in [0.1, 0.15) is 11.4 Å². The number of benzene rings is 1. The molecule has 0 aliphatic carbocycles. The Balaban J connectivity index is 2.58. The summed E-state index contributed by atoms with van der Waals surface area (Å²) in [5, 5.41) is -0.826. The van der Waals surface area contributed by atoms with E-state index in [1.807, 2.05) is 0 Å². The topological polar surface area (TPSA) is 77.5 Å². The van der Waals surface area contributed by atoms with Crippen LogP contribution in [0.5, 0.6) is 11.6 Å². The SMILES string of the molecule is COc1cc(OC)nc(S(=O)(=O)Nc2c(F)c(F)c(F)c(F)c2F)c1. The minimum absolute atomic E-state index is 0.0374. The highest BCUT2D eigenvalue weighted by atomic mass is 32.2. The van der Waals surface area contributed by atoms with E-state index in [1.165, 1.54) is 17.9 Å². The number of nitrogens with zero attached hydrogens (tertiary/aromatic N) is 1. The van der Waals surface area contributed by atoms with Crippen LogP contribution >= 0.6 is 0 Å². The predicted octanol–water partition coefficient (Wildman–Crippen LogP) is 2.60. The predicted molar refractivity (Wildman–Crippen MR) is 74.4 cm³/mol. The zero-order chi connectivity index (χ0) is 18.9. The molecule has 0 fully saturated rings. The standard InChI is InChI=1S/C13H9F5N2O4S/c1-23-5-3-6(24-2)19-7(4-5)25(21,22)20-13-11(17)9(15)8(14)10(16)12(13)18/h3-4,20H,1-2H3. The first kappa shape index (κ1) is 18.7. The summed E-state index contributed by atoms with van der Waals surface area (Å²) in [4.78, 5) is 3.53. The third-order valence-electron chi connectivity index (χ3n) is 2.92. The van der Waals surface area contributed by atoms with Crippen molar-refractivity contribution in [1.29, 1.82) is 0 Å². The molecule has 0 atom stereocenters. The van der Waals surface area contributed by atoms with Gasteiger partial charge in [-0.1, -0.05) is 0 Å². The first-order chi connectivity index (χ1) is 11.6. The summed E-state index contributed by atoms with van der Waals surface area (Å²) in [7, 11) is -2.47.